The second-order valence-corrected chi connectivity index (χ2v) is 17.7. The molecule has 0 saturated carbocycles. The summed E-state index contributed by atoms with van der Waals surface area (Å²) < 4.78 is 6.32. The van der Waals surface area contributed by atoms with E-state index < -0.39 is 8.07 Å². The molecule has 0 bridgehead atoms. The van der Waals surface area contributed by atoms with Crippen molar-refractivity contribution in [1.82, 2.24) is 8.97 Å². The monoisotopic (exact) mass is 652 g/mol. The van der Waals surface area contributed by atoms with Crippen LogP contribution in [0.3, 0.4) is 0 Å². The Bertz CT molecular complexity index is 2550. The molecule has 0 radical (unpaired) electrons. The minimum atomic E-state index is -2.58. The summed E-state index contributed by atoms with van der Waals surface area (Å²) in [5.74, 6) is 0. The van der Waals surface area contributed by atoms with Crippen molar-refractivity contribution in [3.8, 4) is 16.9 Å². The van der Waals surface area contributed by atoms with Gasteiger partial charge in [0.15, 0.2) is 8.07 Å². The van der Waals surface area contributed by atoms with Crippen molar-refractivity contribution in [1.29, 1.82) is 0 Å². The molecule has 0 fully saturated rings. The van der Waals surface area contributed by atoms with Crippen LogP contribution < -0.4 is 20.7 Å². The van der Waals surface area contributed by atoms with Crippen LogP contribution in [0.2, 0.25) is 0 Å². The predicted octanol–water partition coefficient (Wildman–Crippen LogP) is 8.79. The Balaban J connectivity index is 1.20. The standard InChI is InChI=1S/C42H28N2S2Si/c1-5-13-29(14-6-1)35-25-26-36-41-39-37(27-45-41)43(38-28-46-42(40(38)39)44(35)36)30-21-23-34(24-22-30)47(31-15-7-2-8-16-31,32-17-9-3-10-18-32)33-19-11-4-12-20-33/h1-28H. The average Bonchev–Trinajstić information content (AvgIpc) is 3.93. The highest BCUT2D eigenvalue weighted by molar-refractivity contribution is 7.21. The fraction of sp³-hybridized carbons (Fsp3) is 0. The van der Waals surface area contributed by atoms with E-state index in [2.05, 4.69) is 177 Å². The summed E-state index contributed by atoms with van der Waals surface area (Å²) in [6.45, 7) is 0. The maximum absolute atomic E-state index is 2.58. The molecule has 0 N–H and O–H groups in total. The average molecular weight is 653 g/mol. The molecule has 0 amide bonds. The minimum Gasteiger partial charge on any atom is -0.307 e. The first-order chi connectivity index (χ1) is 23.3. The molecule has 10 aromatic rings. The van der Waals surface area contributed by atoms with Crippen molar-refractivity contribution < 1.29 is 0 Å². The van der Waals surface area contributed by atoms with Crippen molar-refractivity contribution in [3.05, 3.63) is 168 Å². The Morgan fingerprint density at radius 2 is 0.936 bits per heavy atom. The highest BCUT2D eigenvalue weighted by Crippen LogP contribution is 2.47. The molecule has 222 valence electrons. The van der Waals surface area contributed by atoms with Crippen molar-refractivity contribution in [2.45, 2.75) is 0 Å². The Morgan fingerprint density at radius 1 is 0.426 bits per heavy atom. The zero-order chi connectivity index (χ0) is 31.0. The van der Waals surface area contributed by atoms with E-state index in [4.69, 9.17) is 0 Å². The molecule has 0 unspecified atom stereocenters. The normalized spacial score (nSPS) is 12.3. The summed E-state index contributed by atoms with van der Waals surface area (Å²) in [4.78, 5) is 1.31. The smallest absolute Gasteiger partial charge is 0.179 e. The van der Waals surface area contributed by atoms with Crippen molar-refractivity contribution in [3.63, 3.8) is 0 Å². The summed E-state index contributed by atoms with van der Waals surface area (Å²) in [7, 11) is -2.58. The van der Waals surface area contributed by atoms with Gasteiger partial charge in [-0.15, -0.1) is 22.7 Å². The highest BCUT2D eigenvalue weighted by Gasteiger charge is 2.41. The highest BCUT2D eigenvalue weighted by atomic mass is 32.1. The second-order valence-electron chi connectivity index (χ2n) is 12.2. The van der Waals surface area contributed by atoms with E-state index in [9.17, 15) is 0 Å². The molecular formula is C42H28N2S2Si. The van der Waals surface area contributed by atoms with Crippen LogP contribution in [0.15, 0.2) is 168 Å². The van der Waals surface area contributed by atoms with Gasteiger partial charge in [-0.3, -0.25) is 4.40 Å². The third-order valence-corrected chi connectivity index (χ3v) is 16.6. The Labute approximate surface area is 281 Å². The second kappa shape index (κ2) is 10.4. The molecular weight excluding hydrogens is 625 g/mol. The summed E-state index contributed by atoms with van der Waals surface area (Å²) in [6.07, 6.45) is 0. The van der Waals surface area contributed by atoms with Crippen molar-refractivity contribution in [2.24, 2.45) is 0 Å². The first-order valence-electron chi connectivity index (χ1n) is 15.9. The van der Waals surface area contributed by atoms with Crippen LogP contribution in [0, 0.1) is 0 Å². The van der Waals surface area contributed by atoms with Crippen LogP contribution in [-0.4, -0.2) is 17.0 Å². The lowest BCUT2D eigenvalue weighted by Crippen LogP contribution is -2.74. The molecule has 47 heavy (non-hydrogen) atoms. The van der Waals surface area contributed by atoms with Crippen LogP contribution in [0.4, 0.5) is 0 Å². The summed E-state index contributed by atoms with van der Waals surface area (Å²) in [5.41, 5.74) is 7.56. The van der Waals surface area contributed by atoms with Gasteiger partial charge in [0.2, 0.25) is 0 Å². The first kappa shape index (κ1) is 27.0. The molecule has 5 aromatic heterocycles. The van der Waals surface area contributed by atoms with Gasteiger partial charge in [0.05, 0.1) is 26.9 Å². The fourth-order valence-electron chi connectivity index (χ4n) is 7.85. The summed E-state index contributed by atoms with van der Waals surface area (Å²) in [5, 5.41) is 13.0. The topological polar surface area (TPSA) is 9.34 Å². The minimum absolute atomic E-state index is 1.20. The third-order valence-electron chi connectivity index (χ3n) is 9.82. The Kier molecular flexibility index (Phi) is 5.97. The van der Waals surface area contributed by atoms with Gasteiger partial charge in [0.25, 0.3) is 0 Å². The number of benzene rings is 5. The van der Waals surface area contributed by atoms with Crippen LogP contribution in [0.25, 0.3) is 53.8 Å². The van der Waals surface area contributed by atoms with Crippen LogP contribution in [0.5, 0.6) is 0 Å². The molecule has 5 aromatic carbocycles. The number of nitrogens with zero attached hydrogens (tertiary/aromatic N) is 2. The molecule has 0 aliphatic rings. The van der Waals surface area contributed by atoms with Crippen molar-refractivity contribution in [2.75, 3.05) is 0 Å². The van der Waals surface area contributed by atoms with E-state index in [-0.39, 0.29) is 0 Å². The Hall–Kier alpha value is -5.20. The van der Waals surface area contributed by atoms with Crippen LogP contribution in [0.1, 0.15) is 0 Å². The number of hydrogen-bond acceptors (Lipinski definition) is 2. The maximum atomic E-state index is 2.49. The SMILES string of the molecule is c1ccc(-c2ccc3c4scc5c4c4c(csc4n23)n5-c2ccc([Si](c3ccccc3)(c3ccccc3)c3ccccc3)cc2)cc1. The van der Waals surface area contributed by atoms with Gasteiger partial charge in [-0.2, -0.15) is 0 Å². The molecule has 0 atom stereocenters. The summed E-state index contributed by atoms with van der Waals surface area (Å²) >= 11 is 3.71. The van der Waals surface area contributed by atoms with Crippen LogP contribution in [-0.2, 0) is 0 Å². The number of fused-ring (bicyclic) bond motifs is 3. The van der Waals surface area contributed by atoms with Crippen LogP contribution >= 0.6 is 22.7 Å². The quantitative estimate of drug-likeness (QED) is 0.126. The number of pyridine rings is 1. The third kappa shape index (κ3) is 3.76. The Morgan fingerprint density at radius 3 is 1.53 bits per heavy atom. The molecule has 2 nitrogen and oxygen atoms in total. The van der Waals surface area contributed by atoms with Gasteiger partial charge in [-0.05, 0) is 50.6 Å². The lowest BCUT2D eigenvalue weighted by atomic mass is 10.1. The van der Waals surface area contributed by atoms with Gasteiger partial charge in [-0.25, -0.2) is 0 Å². The molecule has 10 rings (SSSR count). The molecule has 0 spiro atoms. The van der Waals surface area contributed by atoms with Gasteiger partial charge in [0.1, 0.15) is 4.83 Å². The zero-order valence-corrected chi connectivity index (χ0v) is 28.0. The number of thiophene rings is 2. The molecule has 0 saturated heterocycles. The molecule has 5 heterocycles. The predicted molar refractivity (Wildman–Crippen MR) is 205 cm³/mol. The van der Waals surface area contributed by atoms with E-state index in [0.29, 0.717) is 0 Å². The van der Waals surface area contributed by atoms with Gasteiger partial charge >= 0.3 is 0 Å². The van der Waals surface area contributed by atoms with E-state index >= 15 is 0 Å². The summed E-state index contributed by atoms with van der Waals surface area (Å²) in [6, 6.07) is 58.3. The first-order valence-corrected chi connectivity index (χ1v) is 19.7. The van der Waals surface area contributed by atoms with E-state index in [0.717, 1.165) is 0 Å². The van der Waals surface area contributed by atoms with E-state index in [1.165, 1.54) is 74.5 Å². The largest absolute Gasteiger partial charge is 0.307 e. The van der Waals surface area contributed by atoms with Gasteiger partial charge in [-0.1, -0.05) is 133 Å². The van der Waals surface area contributed by atoms with E-state index in [1.807, 2.05) is 22.7 Å². The number of rotatable bonds is 6. The van der Waals surface area contributed by atoms with Crippen molar-refractivity contribution >= 4 is 88.3 Å². The molecule has 0 aliphatic carbocycles. The zero-order valence-electron chi connectivity index (χ0n) is 25.4. The maximum Gasteiger partial charge on any atom is 0.179 e. The molecule has 5 heteroatoms. The van der Waals surface area contributed by atoms with Gasteiger partial charge < -0.3 is 4.57 Å². The lowest BCUT2D eigenvalue weighted by molar-refractivity contribution is 1.19. The lowest BCUT2D eigenvalue weighted by Gasteiger charge is -2.34. The fourth-order valence-corrected chi connectivity index (χ4v) is 14.7. The van der Waals surface area contributed by atoms with Gasteiger partial charge in [0, 0.05) is 27.2 Å². The van der Waals surface area contributed by atoms with E-state index in [1.54, 1.807) is 0 Å². The number of aromatic nitrogens is 2. The number of hydrogen-bond donors (Lipinski definition) is 0. The molecule has 0 aliphatic heterocycles.